The van der Waals surface area contributed by atoms with Crippen molar-refractivity contribution in [3.8, 4) is 5.75 Å². The summed E-state index contributed by atoms with van der Waals surface area (Å²) in [7, 11) is 1.66. The number of carbonyl (C=O) groups is 1. The maximum absolute atomic E-state index is 13.0. The van der Waals surface area contributed by atoms with Crippen LogP contribution >= 0.6 is 15.9 Å². The number of methoxy groups -OCH3 is 1. The zero-order valence-corrected chi connectivity index (χ0v) is 16.3. The minimum atomic E-state index is 0.192. The Morgan fingerprint density at radius 1 is 1.12 bits per heavy atom. The summed E-state index contributed by atoms with van der Waals surface area (Å²) in [6.45, 7) is 2.83. The summed E-state index contributed by atoms with van der Waals surface area (Å²) in [5, 5.41) is 0. The Hall–Kier alpha value is -1.81. The van der Waals surface area contributed by atoms with Gasteiger partial charge in [0.25, 0.3) is 0 Å². The number of halogens is 1. The van der Waals surface area contributed by atoms with E-state index in [1.54, 1.807) is 7.11 Å². The number of nitrogens with zero attached hydrogens (tertiary/aromatic N) is 1. The molecule has 2 aromatic rings. The van der Waals surface area contributed by atoms with E-state index in [0.717, 1.165) is 21.3 Å². The summed E-state index contributed by atoms with van der Waals surface area (Å²) in [5.41, 5.74) is 2.19. The third-order valence-corrected chi connectivity index (χ3v) is 5.43. The van der Waals surface area contributed by atoms with Crippen molar-refractivity contribution in [3.63, 3.8) is 0 Å². The van der Waals surface area contributed by atoms with Crippen LogP contribution in [0.2, 0.25) is 0 Å². The number of benzene rings is 2. The van der Waals surface area contributed by atoms with Crippen molar-refractivity contribution >= 4 is 21.8 Å². The minimum Gasteiger partial charge on any atom is -0.497 e. The van der Waals surface area contributed by atoms with Crippen LogP contribution in [0.5, 0.6) is 5.75 Å². The molecule has 132 valence electrons. The highest BCUT2D eigenvalue weighted by Crippen LogP contribution is 2.36. The predicted molar refractivity (Wildman–Crippen MR) is 104 cm³/mol. The molecule has 1 aliphatic carbocycles. The average Bonchev–Trinajstić information content (AvgIpc) is 3.46. The Morgan fingerprint density at radius 3 is 2.28 bits per heavy atom. The summed E-state index contributed by atoms with van der Waals surface area (Å²) < 4.78 is 6.25. The lowest BCUT2D eigenvalue weighted by Crippen LogP contribution is -2.40. The van der Waals surface area contributed by atoms with Crippen LogP contribution in [-0.2, 0) is 17.8 Å². The van der Waals surface area contributed by atoms with Gasteiger partial charge in [0, 0.05) is 17.1 Å². The lowest BCUT2D eigenvalue weighted by molar-refractivity contribution is -0.133. The topological polar surface area (TPSA) is 29.5 Å². The van der Waals surface area contributed by atoms with Gasteiger partial charge < -0.3 is 9.64 Å². The molecule has 0 saturated heterocycles. The van der Waals surface area contributed by atoms with E-state index in [2.05, 4.69) is 22.9 Å². The first kappa shape index (κ1) is 18.0. The number of hydrogen-bond acceptors (Lipinski definition) is 2. The van der Waals surface area contributed by atoms with Crippen LogP contribution in [0.15, 0.2) is 53.0 Å². The van der Waals surface area contributed by atoms with E-state index in [1.807, 2.05) is 53.4 Å². The molecule has 1 amide bonds. The molecule has 2 aromatic carbocycles. The van der Waals surface area contributed by atoms with Gasteiger partial charge in [0.2, 0.25) is 5.91 Å². The standard InChI is InChI=1S/C21H24BrNO2/c1-15(18-7-8-18)23(14-17-5-11-20(25-2)12-6-17)21(24)13-16-3-9-19(22)10-4-16/h3-6,9-12,15,18H,7-8,13-14H2,1-2H3. The maximum atomic E-state index is 13.0. The molecule has 1 fully saturated rings. The van der Waals surface area contributed by atoms with E-state index in [1.165, 1.54) is 12.8 Å². The van der Waals surface area contributed by atoms with Crippen LogP contribution in [0.25, 0.3) is 0 Å². The third-order valence-electron chi connectivity index (χ3n) is 4.90. The first-order valence-electron chi connectivity index (χ1n) is 8.73. The molecule has 1 unspecified atom stereocenters. The predicted octanol–water partition coefficient (Wildman–Crippen LogP) is 4.83. The molecular weight excluding hydrogens is 378 g/mol. The second-order valence-corrected chi connectivity index (χ2v) is 7.67. The van der Waals surface area contributed by atoms with Gasteiger partial charge in [0.05, 0.1) is 13.5 Å². The zero-order valence-electron chi connectivity index (χ0n) is 14.7. The fraction of sp³-hybridized carbons (Fsp3) is 0.381. The van der Waals surface area contributed by atoms with Crippen molar-refractivity contribution in [3.05, 3.63) is 64.1 Å². The van der Waals surface area contributed by atoms with Crippen molar-refractivity contribution < 1.29 is 9.53 Å². The van der Waals surface area contributed by atoms with Gasteiger partial charge in [-0.25, -0.2) is 0 Å². The number of amides is 1. The Bertz CT molecular complexity index is 708. The highest BCUT2D eigenvalue weighted by Gasteiger charge is 2.34. The largest absolute Gasteiger partial charge is 0.497 e. The average molecular weight is 402 g/mol. The lowest BCUT2D eigenvalue weighted by Gasteiger charge is -2.30. The highest BCUT2D eigenvalue weighted by molar-refractivity contribution is 9.10. The van der Waals surface area contributed by atoms with E-state index in [4.69, 9.17) is 4.74 Å². The van der Waals surface area contributed by atoms with Gasteiger partial charge in [-0.2, -0.15) is 0 Å². The second kappa shape index (κ2) is 8.05. The first-order chi connectivity index (χ1) is 12.1. The van der Waals surface area contributed by atoms with Crippen LogP contribution < -0.4 is 4.74 Å². The maximum Gasteiger partial charge on any atom is 0.227 e. The van der Waals surface area contributed by atoms with Crippen molar-refractivity contribution in [2.45, 2.75) is 38.8 Å². The van der Waals surface area contributed by atoms with E-state index in [9.17, 15) is 4.79 Å². The van der Waals surface area contributed by atoms with Gasteiger partial charge in [-0.15, -0.1) is 0 Å². The van der Waals surface area contributed by atoms with Crippen LogP contribution in [0.3, 0.4) is 0 Å². The van der Waals surface area contributed by atoms with Crippen molar-refractivity contribution in [1.29, 1.82) is 0 Å². The van der Waals surface area contributed by atoms with E-state index in [-0.39, 0.29) is 11.9 Å². The van der Waals surface area contributed by atoms with Crippen LogP contribution in [0.4, 0.5) is 0 Å². The molecule has 0 bridgehead atoms. The monoisotopic (exact) mass is 401 g/mol. The summed E-state index contributed by atoms with van der Waals surface area (Å²) in [6, 6.07) is 16.3. The fourth-order valence-corrected chi connectivity index (χ4v) is 3.36. The molecule has 0 heterocycles. The lowest BCUT2D eigenvalue weighted by atomic mass is 10.1. The van der Waals surface area contributed by atoms with Crippen LogP contribution in [0, 0.1) is 5.92 Å². The summed E-state index contributed by atoms with van der Waals surface area (Å²) in [5.74, 6) is 1.68. The number of rotatable bonds is 7. The smallest absolute Gasteiger partial charge is 0.227 e. The SMILES string of the molecule is COc1ccc(CN(C(=O)Cc2ccc(Br)cc2)C(C)C2CC2)cc1. The van der Waals surface area contributed by atoms with Crippen LogP contribution in [0.1, 0.15) is 30.9 Å². The van der Waals surface area contributed by atoms with E-state index in [0.29, 0.717) is 18.9 Å². The van der Waals surface area contributed by atoms with Gasteiger partial charge >= 0.3 is 0 Å². The first-order valence-corrected chi connectivity index (χ1v) is 9.53. The van der Waals surface area contributed by atoms with Gasteiger partial charge in [0.15, 0.2) is 0 Å². The Labute approximate surface area is 158 Å². The quantitative estimate of drug-likeness (QED) is 0.664. The van der Waals surface area contributed by atoms with Crippen LogP contribution in [-0.4, -0.2) is 24.0 Å². The number of ether oxygens (including phenoxy) is 1. The second-order valence-electron chi connectivity index (χ2n) is 6.75. The minimum absolute atomic E-state index is 0.192. The van der Waals surface area contributed by atoms with Crippen molar-refractivity contribution in [2.24, 2.45) is 5.92 Å². The normalized spacial score (nSPS) is 14.8. The molecule has 1 aliphatic rings. The van der Waals surface area contributed by atoms with Gasteiger partial charge in [0.1, 0.15) is 5.75 Å². The molecule has 3 rings (SSSR count). The van der Waals surface area contributed by atoms with E-state index < -0.39 is 0 Å². The zero-order chi connectivity index (χ0) is 17.8. The number of carbonyl (C=O) groups excluding carboxylic acids is 1. The summed E-state index contributed by atoms with van der Waals surface area (Å²) >= 11 is 3.44. The Kier molecular flexibility index (Phi) is 5.79. The Morgan fingerprint density at radius 2 is 1.72 bits per heavy atom. The highest BCUT2D eigenvalue weighted by atomic mass is 79.9. The number of hydrogen-bond donors (Lipinski definition) is 0. The molecule has 0 radical (unpaired) electrons. The molecule has 4 heteroatoms. The summed E-state index contributed by atoms with van der Waals surface area (Å²) in [4.78, 5) is 15.0. The summed E-state index contributed by atoms with van der Waals surface area (Å²) in [6.07, 6.45) is 2.90. The molecular formula is C21H24BrNO2. The van der Waals surface area contributed by atoms with Gasteiger partial charge in [-0.3, -0.25) is 4.79 Å². The molecule has 1 atom stereocenters. The Balaban J connectivity index is 1.73. The molecule has 0 aliphatic heterocycles. The molecule has 0 spiro atoms. The third kappa shape index (κ3) is 4.85. The molecule has 0 aromatic heterocycles. The molecule has 25 heavy (non-hydrogen) atoms. The fourth-order valence-electron chi connectivity index (χ4n) is 3.10. The van der Waals surface area contributed by atoms with Crippen molar-refractivity contribution in [2.75, 3.05) is 7.11 Å². The van der Waals surface area contributed by atoms with Gasteiger partial charge in [-0.1, -0.05) is 40.2 Å². The van der Waals surface area contributed by atoms with E-state index >= 15 is 0 Å². The van der Waals surface area contributed by atoms with Crippen molar-refractivity contribution in [1.82, 2.24) is 4.90 Å². The van der Waals surface area contributed by atoms with Gasteiger partial charge in [-0.05, 0) is 61.1 Å². The molecule has 1 saturated carbocycles. The molecule has 0 N–H and O–H groups in total. The molecule has 3 nitrogen and oxygen atoms in total.